The van der Waals surface area contributed by atoms with Crippen molar-refractivity contribution < 1.29 is 18.0 Å². The van der Waals surface area contributed by atoms with Crippen LogP contribution < -0.4 is 11.1 Å². The van der Waals surface area contributed by atoms with E-state index in [0.717, 1.165) is 12.1 Å². The highest BCUT2D eigenvalue weighted by atomic mass is 19.1. The molecule has 2 rings (SSSR count). The van der Waals surface area contributed by atoms with Crippen LogP contribution in [0.25, 0.3) is 0 Å². The lowest BCUT2D eigenvalue weighted by molar-refractivity contribution is 0.0994. The molecule has 100 valence electrons. The molecular weight excluding hydrogens is 254 g/mol. The molecule has 1 heterocycles. The van der Waals surface area contributed by atoms with Gasteiger partial charge in [0.1, 0.15) is 17.4 Å². The number of carbonyl (C=O) groups excluding carboxylic acids is 1. The summed E-state index contributed by atoms with van der Waals surface area (Å²) in [5, 5.41) is 2.24. The number of carbonyl (C=O) groups is 1. The summed E-state index contributed by atoms with van der Waals surface area (Å²) >= 11 is 0. The molecular formula is C13H12F2N2O2. The van der Waals surface area contributed by atoms with E-state index in [1.807, 2.05) is 0 Å². The van der Waals surface area contributed by atoms with Gasteiger partial charge in [0.05, 0.1) is 12.2 Å². The van der Waals surface area contributed by atoms with Crippen molar-refractivity contribution in [2.75, 3.05) is 5.32 Å². The van der Waals surface area contributed by atoms with Gasteiger partial charge in [-0.1, -0.05) is 0 Å². The maximum absolute atomic E-state index is 13.5. The zero-order valence-electron chi connectivity index (χ0n) is 10.2. The van der Waals surface area contributed by atoms with E-state index in [1.54, 1.807) is 6.07 Å². The van der Waals surface area contributed by atoms with Crippen molar-refractivity contribution in [2.45, 2.75) is 13.5 Å². The van der Waals surface area contributed by atoms with E-state index >= 15 is 0 Å². The first-order valence-electron chi connectivity index (χ1n) is 5.57. The first-order chi connectivity index (χ1) is 9.01. The zero-order chi connectivity index (χ0) is 14.0. The van der Waals surface area contributed by atoms with Gasteiger partial charge in [0, 0.05) is 6.07 Å². The summed E-state index contributed by atoms with van der Waals surface area (Å²) in [6, 6.07) is 4.90. The summed E-state index contributed by atoms with van der Waals surface area (Å²) < 4.78 is 32.0. The lowest BCUT2D eigenvalue weighted by Gasteiger charge is -2.06. The van der Waals surface area contributed by atoms with Gasteiger partial charge in [0.15, 0.2) is 5.76 Å². The predicted molar refractivity (Wildman–Crippen MR) is 65.6 cm³/mol. The quantitative estimate of drug-likeness (QED) is 0.897. The fourth-order valence-corrected chi connectivity index (χ4v) is 1.54. The Hall–Kier alpha value is -2.21. The van der Waals surface area contributed by atoms with Gasteiger partial charge in [0.25, 0.3) is 5.91 Å². The molecule has 0 atom stereocenters. The minimum atomic E-state index is -0.710. The Kier molecular flexibility index (Phi) is 3.62. The van der Waals surface area contributed by atoms with Crippen LogP contribution in [0.3, 0.4) is 0 Å². The molecule has 0 aliphatic heterocycles. The van der Waals surface area contributed by atoms with Gasteiger partial charge in [-0.15, -0.1) is 0 Å². The Morgan fingerprint density at radius 3 is 2.68 bits per heavy atom. The normalized spacial score (nSPS) is 10.5. The Balaban J connectivity index is 2.21. The molecule has 1 aromatic heterocycles. The number of rotatable bonds is 3. The number of hydrogen-bond acceptors (Lipinski definition) is 3. The fourth-order valence-electron chi connectivity index (χ4n) is 1.54. The Morgan fingerprint density at radius 2 is 2.05 bits per heavy atom. The largest absolute Gasteiger partial charge is 0.455 e. The molecule has 0 bridgehead atoms. The summed E-state index contributed by atoms with van der Waals surface area (Å²) in [5.41, 5.74) is 5.27. The monoisotopic (exact) mass is 266 g/mol. The van der Waals surface area contributed by atoms with E-state index in [9.17, 15) is 13.6 Å². The topological polar surface area (TPSA) is 68.3 Å². The number of amides is 1. The molecule has 6 heteroatoms. The molecule has 0 aliphatic rings. The first kappa shape index (κ1) is 13.2. The second-order valence-corrected chi connectivity index (χ2v) is 4.01. The Labute approximate surface area is 108 Å². The van der Waals surface area contributed by atoms with Gasteiger partial charge < -0.3 is 15.5 Å². The molecule has 2 aromatic rings. The number of nitrogens with one attached hydrogen (secondary N) is 1. The molecule has 0 saturated heterocycles. The van der Waals surface area contributed by atoms with Crippen molar-refractivity contribution in [1.82, 2.24) is 0 Å². The lowest BCUT2D eigenvalue weighted by Crippen LogP contribution is -2.12. The number of hydrogen-bond donors (Lipinski definition) is 2. The molecule has 1 aromatic carbocycles. The Bertz CT molecular complexity index is 623. The highest BCUT2D eigenvalue weighted by Crippen LogP contribution is 2.20. The van der Waals surface area contributed by atoms with E-state index in [-0.39, 0.29) is 23.6 Å². The average Bonchev–Trinajstić information content (AvgIpc) is 2.84. The van der Waals surface area contributed by atoms with Crippen LogP contribution >= 0.6 is 0 Å². The highest BCUT2D eigenvalue weighted by Gasteiger charge is 2.14. The van der Waals surface area contributed by atoms with Crippen LogP contribution in [-0.2, 0) is 6.54 Å². The van der Waals surface area contributed by atoms with Crippen molar-refractivity contribution in [3.05, 3.63) is 53.0 Å². The third-order valence-corrected chi connectivity index (χ3v) is 2.58. The predicted octanol–water partition coefficient (Wildman–Crippen LogP) is 2.58. The van der Waals surface area contributed by atoms with Crippen LogP contribution in [-0.4, -0.2) is 5.91 Å². The van der Waals surface area contributed by atoms with Crippen LogP contribution in [0, 0.1) is 18.6 Å². The van der Waals surface area contributed by atoms with Crippen molar-refractivity contribution in [3.63, 3.8) is 0 Å². The van der Waals surface area contributed by atoms with Gasteiger partial charge >= 0.3 is 0 Å². The molecule has 19 heavy (non-hydrogen) atoms. The molecule has 4 nitrogen and oxygen atoms in total. The van der Waals surface area contributed by atoms with Crippen LogP contribution in [0.2, 0.25) is 0 Å². The molecule has 0 saturated carbocycles. The van der Waals surface area contributed by atoms with Crippen molar-refractivity contribution in [1.29, 1.82) is 0 Å². The standard InChI is InChI=1S/C13H12F2N2O2/c1-7-4-10(15)11(5-9(7)14)17-13(18)12-3-2-8(6-16)19-12/h2-5H,6,16H2,1H3,(H,17,18). The van der Waals surface area contributed by atoms with Crippen LogP contribution in [0.15, 0.2) is 28.7 Å². The van der Waals surface area contributed by atoms with Gasteiger partial charge in [-0.2, -0.15) is 0 Å². The van der Waals surface area contributed by atoms with Gasteiger partial charge in [-0.05, 0) is 30.7 Å². The second-order valence-electron chi connectivity index (χ2n) is 4.01. The summed E-state index contributed by atoms with van der Waals surface area (Å²) in [4.78, 5) is 11.8. The SMILES string of the molecule is Cc1cc(F)c(NC(=O)c2ccc(CN)o2)cc1F. The summed E-state index contributed by atoms with van der Waals surface area (Å²) in [6.07, 6.45) is 0. The molecule has 0 aliphatic carbocycles. The third-order valence-electron chi connectivity index (χ3n) is 2.58. The van der Waals surface area contributed by atoms with Gasteiger partial charge in [-0.3, -0.25) is 4.79 Å². The van der Waals surface area contributed by atoms with Crippen molar-refractivity contribution in [2.24, 2.45) is 5.73 Å². The van der Waals surface area contributed by atoms with E-state index in [2.05, 4.69) is 5.32 Å². The molecule has 0 radical (unpaired) electrons. The average molecular weight is 266 g/mol. The fraction of sp³-hybridized carbons (Fsp3) is 0.154. The van der Waals surface area contributed by atoms with Crippen molar-refractivity contribution >= 4 is 11.6 Å². The summed E-state index contributed by atoms with van der Waals surface area (Å²) in [6.45, 7) is 1.59. The number of furan rings is 1. The number of benzene rings is 1. The smallest absolute Gasteiger partial charge is 0.291 e. The first-order valence-corrected chi connectivity index (χ1v) is 5.57. The maximum atomic E-state index is 13.5. The van der Waals surface area contributed by atoms with Crippen LogP contribution in [0.5, 0.6) is 0 Å². The number of anilines is 1. The number of nitrogens with two attached hydrogens (primary N) is 1. The number of halogens is 2. The molecule has 3 N–H and O–H groups in total. The van der Waals surface area contributed by atoms with E-state index in [4.69, 9.17) is 10.2 Å². The van der Waals surface area contributed by atoms with Crippen LogP contribution in [0.4, 0.5) is 14.5 Å². The van der Waals surface area contributed by atoms with Crippen molar-refractivity contribution in [3.8, 4) is 0 Å². The van der Waals surface area contributed by atoms with E-state index in [0.29, 0.717) is 5.76 Å². The lowest BCUT2D eigenvalue weighted by atomic mass is 10.2. The van der Waals surface area contributed by atoms with Crippen LogP contribution in [0.1, 0.15) is 21.9 Å². The summed E-state index contributed by atoms with van der Waals surface area (Å²) in [7, 11) is 0. The van der Waals surface area contributed by atoms with Gasteiger partial charge in [-0.25, -0.2) is 8.78 Å². The number of aryl methyl sites for hydroxylation is 1. The highest BCUT2D eigenvalue weighted by molar-refractivity contribution is 6.02. The second kappa shape index (κ2) is 5.19. The maximum Gasteiger partial charge on any atom is 0.291 e. The van der Waals surface area contributed by atoms with E-state index in [1.165, 1.54) is 13.0 Å². The Morgan fingerprint density at radius 1 is 1.32 bits per heavy atom. The minimum absolute atomic E-state index is 0.0131. The summed E-state index contributed by atoms with van der Waals surface area (Å²) in [5.74, 6) is -1.56. The third kappa shape index (κ3) is 2.79. The van der Waals surface area contributed by atoms with E-state index < -0.39 is 17.5 Å². The molecule has 0 unspecified atom stereocenters. The molecule has 0 spiro atoms. The van der Waals surface area contributed by atoms with Gasteiger partial charge in [0.2, 0.25) is 0 Å². The zero-order valence-corrected chi connectivity index (χ0v) is 10.2. The molecule has 1 amide bonds. The minimum Gasteiger partial charge on any atom is -0.455 e. The molecule has 0 fully saturated rings.